The Morgan fingerprint density at radius 2 is 2.15 bits per heavy atom. The minimum absolute atomic E-state index is 0.0586. The zero-order valence-corrected chi connectivity index (χ0v) is 11.9. The van der Waals surface area contributed by atoms with E-state index in [2.05, 4.69) is 6.92 Å². The molecule has 3 rings (SSSR count). The van der Waals surface area contributed by atoms with Gasteiger partial charge in [-0.05, 0) is 32.3 Å². The third-order valence-electron chi connectivity index (χ3n) is 4.46. The Hall–Kier alpha value is -1.55. The van der Waals surface area contributed by atoms with E-state index in [0.29, 0.717) is 6.61 Å². The Morgan fingerprint density at radius 3 is 2.95 bits per heavy atom. The van der Waals surface area contributed by atoms with Gasteiger partial charge >= 0.3 is 0 Å². The highest BCUT2D eigenvalue weighted by Crippen LogP contribution is 2.35. The summed E-state index contributed by atoms with van der Waals surface area (Å²) in [6, 6.07) is 8.36. The number of benzene rings is 1. The minimum Gasteiger partial charge on any atom is -0.493 e. The quantitative estimate of drug-likeness (QED) is 0.851. The highest BCUT2D eigenvalue weighted by molar-refractivity contribution is 5.85. The number of likely N-dealkylation sites (tertiary alicyclic amines) is 1. The maximum atomic E-state index is 12.9. The van der Waals surface area contributed by atoms with Crippen LogP contribution < -0.4 is 10.5 Å². The van der Waals surface area contributed by atoms with Crippen LogP contribution in [0.1, 0.15) is 37.7 Å². The molecule has 0 aromatic heterocycles. The Bertz CT molecular complexity index is 503. The third kappa shape index (κ3) is 2.40. The number of fused-ring (bicyclic) bond motifs is 1. The van der Waals surface area contributed by atoms with Crippen LogP contribution in [-0.2, 0) is 4.79 Å². The summed E-state index contributed by atoms with van der Waals surface area (Å²) < 4.78 is 5.64. The van der Waals surface area contributed by atoms with Gasteiger partial charge in [0.15, 0.2) is 0 Å². The Balaban J connectivity index is 1.81. The number of carbonyl (C=O) groups is 1. The van der Waals surface area contributed by atoms with Crippen molar-refractivity contribution < 1.29 is 9.53 Å². The van der Waals surface area contributed by atoms with E-state index < -0.39 is 0 Å². The van der Waals surface area contributed by atoms with E-state index in [0.717, 1.165) is 37.1 Å². The van der Waals surface area contributed by atoms with Crippen molar-refractivity contribution >= 4 is 5.91 Å². The van der Waals surface area contributed by atoms with Gasteiger partial charge in [-0.25, -0.2) is 0 Å². The van der Waals surface area contributed by atoms with Crippen molar-refractivity contribution in [3.8, 4) is 5.75 Å². The first-order valence-corrected chi connectivity index (χ1v) is 7.44. The number of nitrogens with zero attached hydrogens (tertiary/aromatic N) is 1. The predicted octanol–water partition coefficient (Wildman–Crippen LogP) is 1.89. The molecular formula is C16H22N2O2. The van der Waals surface area contributed by atoms with E-state index in [1.54, 1.807) is 0 Å². The SMILES string of the molecule is C[C@@H]1C[C@H](N)CCN1C(=O)[C@H]1CCOc2ccccc21. The maximum absolute atomic E-state index is 12.9. The molecular weight excluding hydrogens is 252 g/mol. The van der Waals surface area contributed by atoms with Gasteiger partial charge in [0, 0.05) is 24.2 Å². The van der Waals surface area contributed by atoms with E-state index in [9.17, 15) is 4.79 Å². The molecule has 20 heavy (non-hydrogen) atoms. The van der Waals surface area contributed by atoms with Crippen LogP contribution in [0.25, 0.3) is 0 Å². The highest BCUT2D eigenvalue weighted by atomic mass is 16.5. The molecule has 0 radical (unpaired) electrons. The van der Waals surface area contributed by atoms with Gasteiger partial charge in [-0.2, -0.15) is 0 Å². The topological polar surface area (TPSA) is 55.6 Å². The molecule has 3 atom stereocenters. The highest BCUT2D eigenvalue weighted by Gasteiger charge is 2.34. The van der Waals surface area contributed by atoms with E-state index in [1.165, 1.54) is 0 Å². The fraction of sp³-hybridized carbons (Fsp3) is 0.562. The zero-order chi connectivity index (χ0) is 14.1. The molecule has 1 fully saturated rings. The van der Waals surface area contributed by atoms with Crippen LogP contribution in [0.4, 0.5) is 0 Å². The first kappa shape index (κ1) is 13.4. The van der Waals surface area contributed by atoms with Crippen LogP contribution >= 0.6 is 0 Å². The molecule has 4 nitrogen and oxygen atoms in total. The second kappa shape index (κ2) is 5.44. The van der Waals surface area contributed by atoms with Crippen LogP contribution in [0, 0.1) is 0 Å². The summed E-state index contributed by atoms with van der Waals surface area (Å²) in [5, 5.41) is 0. The number of carbonyl (C=O) groups excluding carboxylic acids is 1. The lowest BCUT2D eigenvalue weighted by atomic mass is 9.89. The van der Waals surface area contributed by atoms with Crippen LogP contribution in [0.2, 0.25) is 0 Å². The number of para-hydroxylation sites is 1. The average molecular weight is 274 g/mol. The van der Waals surface area contributed by atoms with E-state index in [4.69, 9.17) is 10.5 Å². The molecule has 0 spiro atoms. The van der Waals surface area contributed by atoms with Crippen molar-refractivity contribution in [1.29, 1.82) is 0 Å². The van der Waals surface area contributed by atoms with Crippen molar-refractivity contribution in [2.24, 2.45) is 5.73 Å². The fourth-order valence-corrected chi connectivity index (χ4v) is 3.33. The summed E-state index contributed by atoms with van der Waals surface area (Å²) in [6.07, 6.45) is 2.57. The van der Waals surface area contributed by atoms with Crippen molar-refractivity contribution in [1.82, 2.24) is 4.90 Å². The van der Waals surface area contributed by atoms with Crippen LogP contribution in [-0.4, -0.2) is 36.0 Å². The molecule has 2 heterocycles. The first-order valence-electron chi connectivity index (χ1n) is 7.44. The molecule has 2 aliphatic rings. The lowest BCUT2D eigenvalue weighted by Crippen LogP contribution is -2.50. The zero-order valence-electron chi connectivity index (χ0n) is 11.9. The van der Waals surface area contributed by atoms with E-state index >= 15 is 0 Å². The molecule has 1 aromatic carbocycles. The molecule has 1 aromatic rings. The van der Waals surface area contributed by atoms with Gasteiger partial charge in [-0.15, -0.1) is 0 Å². The average Bonchev–Trinajstić information content (AvgIpc) is 2.46. The normalized spacial score (nSPS) is 29.5. The summed E-state index contributed by atoms with van der Waals surface area (Å²) in [4.78, 5) is 14.9. The van der Waals surface area contributed by atoms with Gasteiger partial charge < -0.3 is 15.4 Å². The smallest absolute Gasteiger partial charge is 0.230 e. The van der Waals surface area contributed by atoms with Gasteiger partial charge in [0.1, 0.15) is 5.75 Å². The van der Waals surface area contributed by atoms with Crippen LogP contribution in [0.15, 0.2) is 24.3 Å². The summed E-state index contributed by atoms with van der Waals surface area (Å²) in [5.41, 5.74) is 7.02. The van der Waals surface area contributed by atoms with E-state index in [1.807, 2.05) is 29.2 Å². The molecule has 2 aliphatic heterocycles. The number of ether oxygens (including phenoxy) is 1. The van der Waals surface area contributed by atoms with Crippen LogP contribution in [0.3, 0.4) is 0 Å². The molecule has 4 heteroatoms. The molecule has 1 saturated heterocycles. The van der Waals surface area contributed by atoms with Gasteiger partial charge in [0.2, 0.25) is 5.91 Å². The molecule has 0 saturated carbocycles. The number of piperidine rings is 1. The van der Waals surface area contributed by atoms with Gasteiger partial charge in [-0.3, -0.25) is 4.79 Å². The summed E-state index contributed by atoms with van der Waals surface area (Å²) in [5.74, 6) is 1.04. The maximum Gasteiger partial charge on any atom is 0.230 e. The lowest BCUT2D eigenvalue weighted by Gasteiger charge is -2.39. The van der Waals surface area contributed by atoms with Crippen molar-refractivity contribution in [3.05, 3.63) is 29.8 Å². The molecule has 0 bridgehead atoms. The molecule has 0 aliphatic carbocycles. The van der Waals surface area contributed by atoms with Crippen molar-refractivity contribution in [3.63, 3.8) is 0 Å². The second-order valence-electron chi connectivity index (χ2n) is 5.89. The standard InChI is InChI=1S/C16H22N2O2/c1-11-10-12(17)6-8-18(11)16(19)14-7-9-20-15-5-3-2-4-13(14)15/h2-5,11-12,14H,6-10,17H2,1H3/t11-,12-,14+/m1/s1. The minimum atomic E-state index is -0.0586. The van der Waals surface area contributed by atoms with Gasteiger partial charge in [0.05, 0.1) is 12.5 Å². The summed E-state index contributed by atoms with van der Waals surface area (Å²) in [7, 11) is 0. The first-order chi connectivity index (χ1) is 9.66. The van der Waals surface area contributed by atoms with Crippen LogP contribution in [0.5, 0.6) is 5.75 Å². The lowest BCUT2D eigenvalue weighted by molar-refractivity contribution is -0.137. The van der Waals surface area contributed by atoms with Crippen molar-refractivity contribution in [2.75, 3.05) is 13.2 Å². The van der Waals surface area contributed by atoms with Crippen molar-refractivity contribution in [2.45, 2.75) is 44.2 Å². The number of nitrogens with two attached hydrogens (primary N) is 1. The molecule has 108 valence electrons. The monoisotopic (exact) mass is 274 g/mol. The second-order valence-corrected chi connectivity index (χ2v) is 5.89. The number of hydrogen-bond acceptors (Lipinski definition) is 3. The number of hydrogen-bond donors (Lipinski definition) is 1. The Labute approximate surface area is 119 Å². The Morgan fingerprint density at radius 1 is 1.35 bits per heavy atom. The summed E-state index contributed by atoms with van der Waals surface area (Å²) >= 11 is 0. The molecule has 0 unspecified atom stereocenters. The molecule has 2 N–H and O–H groups in total. The third-order valence-corrected chi connectivity index (χ3v) is 4.46. The fourth-order valence-electron chi connectivity index (χ4n) is 3.33. The van der Waals surface area contributed by atoms with Gasteiger partial charge in [-0.1, -0.05) is 18.2 Å². The number of amides is 1. The predicted molar refractivity (Wildman–Crippen MR) is 77.7 cm³/mol. The Kier molecular flexibility index (Phi) is 3.66. The largest absolute Gasteiger partial charge is 0.493 e. The van der Waals surface area contributed by atoms with E-state index in [-0.39, 0.29) is 23.9 Å². The molecule has 1 amide bonds. The van der Waals surface area contributed by atoms with Gasteiger partial charge in [0.25, 0.3) is 0 Å². The number of rotatable bonds is 1. The summed E-state index contributed by atoms with van der Waals surface area (Å²) in [6.45, 7) is 3.50.